The summed E-state index contributed by atoms with van der Waals surface area (Å²) in [6, 6.07) is 6.83. The number of esters is 1. The highest BCUT2D eigenvalue weighted by Gasteiger charge is 2.46. The van der Waals surface area contributed by atoms with Crippen molar-refractivity contribution in [1.29, 1.82) is 0 Å². The number of nitrogens with one attached hydrogen (secondary N) is 3. The zero-order chi connectivity index (χ0) is 17.0. The predicted octanol–water partition coefficient (Wildman–Crippen LogP) is 0.992. The largest absolute Gasteiger partial charge is 0.466 e. The van der Waals surface area contributed by atoms with Gasteiger partial charge in [-0.2, -0.15) is 0 Å². The van der Waals surface area contributed by atoms with Crippen LogP contribution in [-0.2, 0) is 26.0 Å². The number of ether oxygens (including phenoxy) is 1. The van der Waals surface area contributed by atoms with Gasteiger partial charge in [-0.3, -0.25) is 14.9 Å². The summed E-state index contributed by atoms with van der Waals surface area (Å²) < 4.78 is 32.8. The Bertz CT molecular complexity index is 662. The van der Waals surface area contributed by atoms with E-state index in [4.69, 9.17) is 4.74 Å². The van der Waals surface area contributed by atoms with E-state index in [0.717, 1.165) is 12.0 Å². The second-order valence-electron chi connectivity index (χ2n) is 5.48. The molecule has 1 aromatic rings. The average molecular weight is 341 g/mol. The van der Waals surface area contributed by atoms with Gasteiger partial charge in [0.1, 0.15) is 5.92 Å². The molecule has 23 heavy (non-hydrogen) atoms. The van der Waals surface area contributed by atoms with Gasteiger partial charge < -0.3 is 4.74 Å². The second kappa shape index (κ2) is 7.29. The van der Waals surface area contributed by atoms with Gasteiger partial charge >= 0.3 is 5.97 Å². The van der Waals surface area contributed by atoms with Crippen LogP contribution in [0.4, 0.5) is 5.69 Å². The Labute approximate surface area is 136 Å². The van der Waals surface area contributed by atoms with E-state index in [-0.39, 0.29) is 12.6 Å². The number of hydrogen-bond acceptors (Lipinski definition) is 6. The monoisotopic (exact) mass is 341 g/mol. The molecule has 128 valence electrons. The fourth-order valence-electron chi connectivity index (χ4n) is 2.57. The van der Waals surface area contributed by atoms with E-state index in [0.29, 0.717) is 5.69 Å². The van der Waals surface area contributed by atoms with E-state index >= 15 is 0 Å². The molecule has 0 spiro atoms. The highest BCUT2D eigenvalue weighted by Crippen LogP contribution is 2.23. The Morgan fingerprint density at radius 2 is 2.04 bits per heavy atom. The molecule has 0 aliphatic carbocycles. The Morgan fingerprint density at radius 1 is 1.30 bits per heavy atom. The van der Waals surface area contributed by atoms with Crippen molar-refractivity contribution in [3.05, 3.63) is 29.8 Å². The topological polar surface area (TPSA) is 96.5 Å². The lowest BCUT2D eigenvalue weighted by Crippen LogP contribution is -2.44. The number of carbonyl (C=O) groups excluding carboxylic acids is 1. The molecule has 0 bridgehead atoms. The van der Waals surface area contributed by atoms with Gasteiger partial charge in [-0.25, -0.2) is 13.8 Å². The summed E-state index contributed by atoms with van der Waals surface area (Å²) in [6.07, 6.45) is 0.807. The van der Waals surface area contributed by atoms with Gasteiger partial charge in [0.05, 0.1) is 6.61 Å². The lowest BCUT2D eigenvalue weighted by molar-refractivity contribution is -0.148. The Hall–Kier alpha value is -1.64. The summed E-state index contributed by atoms with van der Waals surface area (Å²) in [7, 11) is -3.81. The second-order valence-corrected chi connectivity index (χ2v) is 7.28. The van der Waals surface area contributed by atoms with Crippen molar-refractivity contribution >= 4 is 21.7 Å². The lowest BCUT2D eigenvalue weighted by atomic mass is 10.0. The summed E-state index contributed by atoms with van der Waals surface area (Å²) in [5, 5.41) is -1.10. The zero-order valence-electron chi connectivity index (χ0n) is 13.5. The Morgan fingerprint density at radius 3 is 2.70 bits per heavy atom. The van der Waals surface area contributed by atoms with Crippen LogP contribution < -0.4 is 15.6 Å². The third-order valence-electron chi connectivity index (χ3n) is 3.81. The summed E-state index contributed by atoms with van der Waals surface area (Å²) in [5.74, 6) is -1.35. The molecule has 8 heteroatoms. The van der Waals surface area contributed by atoms with Gasteiger partial charge in [-0.15, -0.1) is 0 Å². The van der Waals surface area contributed by atoms with Crippen molar-refractivity contribution in [2.75, 3.05) is 11.3 Å². The molecule has 3 N–H and O–H groups in total. The Balaban J connectivity index is 2.21. The number of hydrogen-bond donors (Lipinski definition) is 3. The van der Waals surface area contributed by atoms with Gasteiger partial charge in [0, 0.05) is 11.7 Å². The maximum Gasteiger partial charge on any atom is 0.313 e. The minimum absolute atomic E-state index is 0.209. The first kappa shape index (κ1) is 17.7. The van der Waals surface area contributed by atoms with Crippen molar-refractivity contribution < 1.29 is 17.9 Å². The van der Waals surface area contributed by atoms with Crippen LogP contribution in [0, 0.1) is 5.92 Å². The summed E-state index contributed by atoms with van der Waals surface area (Å²) in [4.78, 5) is 12.1. The lowest BCUT2D eigenvalue weighted by Gasteiger charge is -2.20. The van der Waals surface area contributed by atoms with Crippen molar-refractivity contribution in [3.8, 4) is 0 Å². The normalized spacial score (nSPS) is 24.4. The molecule has 2 rings (SSSR count). The van der Waals surface area contributed by atoms with E-state index in [1.54, 1.807) is 32.0 Å². The van der Waals surface area contributed by atoms with Gasteiger partial charge in [-0.05, 0) is 38.0 Å². The molecule has 1 saturated heterocycles. The molecular weight excluding hydrogens is 318 g/mol. The first-order valence-corrected chi connectivity index (χ1v) is 9.22. The third kappa shape index (κ3) is 4.01. The quantitative estimate of drug-likeness (QED) is 0.668. The maximum atomic E-state index is 12.6. The van der Waals surface area contributed by atoms with E-state index < -0.39 is 27.3 Å². The van der Waals surface area contributed by atoms with E-state index in [1.807, 2.05) is 13.0 Å². The smallest absolute Gasteiger partial charge is 0.313 e. The number of anilines is 1. The van der Waals surface area contributed by atoms with Crippen molar-refractivity contribution in [2.45, 2.75) is 38.6 Å². The number of carbonyl (C=O) groups is 1. The predicted molar refractivity (Wildman–Crippen MR) is 88.0 cm³/mol. The van der Waals surface area contributed by atoms with Gasteiger partial charge in [-0.1, -0.05) is 19.1 Å². The highest BCUT2D eigenvalue weighted by molar-refractivity contribution is 7.93. The van der Waals surface area contributed by atoms with Crippen LogP contribution in [0.5, 0.6) is 0 Å². The molecule has 0 aromatic heterocycles. The number of hydrazine groups is 1. The number of rotatable bonds is 6. The van der Waals surface area contributed by atoms with Gasteiger partial charge in [0.25, 0.3) is 10.0 Å². The Kier molecular flexibility index (Phi) is 5.61. The first-order chi connectivity index (χ1) is 10.9. The van der Waals surface area contributed by atoms with Crippen LogP contribution in [0.1, 0.15) is 26.3 Å². The van der Waals surface area contributed by atoms with Crippen LogP contribution in [-0.4, -0.2) is 32.4 Å². The molecule has 0 radical (unpaired) electrons. The van der Waals surface area contributed by atoms with Crippen LogP contribution in [0.25, 0.3) is 0 Å². The summed E-state index contributed by atoms with van der Waals surface area (Å²) in [5.41, 5.74) is 6.99. The van der Waals surface area contributed by atoms with Crippen molar-refractivity contribution in [2.24, 2.45) is 5.92 Å². The minimum atomic E-state index is -3.81. The summed E-state index contributed by atoms with van der Waals surface area (Å²) in [6.45, 7) is 5.63. The molecular formula is C15H23N3O4S. The van der Waals surface area contributed by atoms with E-state index in [1.165, 1.54) is 0 Å². The number of sulfonamides is 1. The molecule has 1 fully saturated rings. The van der Waals surface area contributed by atoms with Crippen LogP contribution in [0.2, 0.25) is 0 Å². The molecule has 3 unspecified atom stereocenters. The van der Waals surface area contributed by atoms with Crippen LogP contribution >= 0.6 is 0 Å². The minimum Gasteiger partial charge on any atom is -0.466 e. The van der Waals surface area contributed by atoms with Gasteiger partial charge in [0.15, 0.2) is 5.37 Å². The molecule has 1 aromatic carbocycles. The molecule has 3 atom stereocenters. The maximum absolute atomic E-state index is 12.6. The van der Waals surface area contributed by atoms with Gasteiger partial charge in [0.2, 0.25) is 0 Å². The fourth-order valence-corrected chi connectivity index (χ4v) is 4.11. The van der Waals surface area contributed by atoms with E-state index in [9.17, 15) is 13.2 Å². The summed E-state index contributed by atoms with van der Waals surface area (Å²) >= 11 is 0. The fraction of sp³-hybridized carbons (Fsp3) is 0.533. The molecule has 1 aliphatic rings. The molecule has 0 amide bonds. The third-order valence-corrected chi connectivity index (χ3v) is 5.41. The van der Waals surface area contributed by atoms with Crippen molar-refractivity contribution in [1.82, 2.24) is 10.9 Å². The van der Waals surface area contributed by atoms with Crippen LogP contribution in [0.15, 0.2) is 24.3 Å². The number of benzene rings is 1. The zero-order valence-corrected chi connectivity index (χ0v) is 14.3. The standard InChI is InChI=1S/C15H23N3O4S/c1-4-11-7-6-8-12(9-11)18-23(20,21)14-13(10(3)16-17-14)15(19)22-5-2/h6-10,13-14,16-18H,4-5H2,1-3H3. The first-order valence-electron chi connectivity index (χ1n) is 7.67. The highest BCUT2D eigenvalue weighted by atomic mass is 32.2. The SMILES string of the molecule is CCOC(=O)C1C(C)NNC1S(=O)(=O)Nc1cccc(CC)c1. The van der Waals surface area contributed by atoms with Crippen molar-refractivity contribution in [3.63, 3.8) is 0 Å². The average Bonchev–Trinajstić information content (AvgIpc) is 2.90. The molecule has 1 heterocycles. The molecule has 0 saturated carbocycles. The number of aryl methyl sites for hydroxylation is 1. The van der Waals surface area contributed by atoms with E-state index in [2.05, 4.69) is 15.6 Å². The molecule has 7 nitrogen and oxygen atoms in total. The van der Waals surface area contributed by atoms with Crippen LogP contribution in [0.3, 0.4) is 0 Å². The molecule has 1 aliphatic heterocycles.